The van der Waals surface area contributed by atoms with Crippen molar-refractivity contribution in [1.82, 2.24) is 24.6 Å². The van der Waals surface area contributed by atoms with Crippen LogP contribution in [0, 0.1) is 0 Å². The Morgan fingerprint density at radius 3 is 2.77 bits per heavy atom. The van der Waals surface area contributed by atoms with E-state index in [1.54, 1.807) is 17.0 Å². The first-order valence-electron chi connectivity index (χ1n) is 7.61. The highest BCUT2D eigenvalue weighted by atomic mass is 16.2. The predicted molar refractivity (Wildman–Crippen MR) is 79.2 cm³/mol. The predicted octanol–water partition coefficient (Wildman–Crippen LogP) is 0.720. The van der Waals surface area contributed by atoms with E-state index in [0.717, 1.165) is 31.2 Å². The Morgan fingerprint density at radius 1 is 1.32 bits per heavy atom. The van der Waals surface area contributed by atoms with E-state index in [-0.39, 0.29) is 30.2 Å². The molecule has 0 aliphatic heterocycles. The lowest BCUT2D eigenvalue weighted by Gasteiger charge is -2.02. The van der Waals surface area contributed by atoms with E-state index in [0.29, 0.717) is 5.82 Å². The van der Waals surface area contributed by atoms with Crippen LogP contribution in [0.5, 0.6) is 0 Å². The zero-order chi connectivity index (χ0) is 15.1. The number of rotatable bonds is 5. The van der Waals surface area contributed by atoms with Gasteiger partial charge >= 0.3 is 5.69 Å². The fourth-order valence-electron chi connectivity index (χ4n) is 2.51. The third kappa shape index (κ3) is 2.54. The molecule has 0 spiro atoms. The number of carbonyl (C=O) groups is 1. The van der Waals surface area contributed by atoms with Gasteiger partial charge in [0.2, 0.25) is 5.91 Å². The first-order valence-corrected chi connectivity index (χ1v) is 7.61. The number of amides is 1. The number of hydrogen-bond donors (Lipinski definition) is 1. The molecular formula is C15H17N5O2. The fourth-order valence-corrected chi connectivity index (χ4v) is 2.51. The quantitative estimate of drug-likeness (QED) is 0.882. The van der Waals surface area contributed by atoms with E-state index < -0.39 is 0 Å². The molecule has 2 aromatic rings. The maximum absolute atomic E-state index is 12.5. The van der Waals surface area contributed by atoms with E-state index in [1.165, 1.54) is 4.68 Å². The second kappa shape index (κ2) is 5.08. The van der Waals surface area contributed by atoms with Crippen molar-refractivity contribution in [2.24, 2.45) is 0 Å². The summed E-state index contributed by atoms with van der Waals surface area (Å²) in [5.74, 6) is 0.447. The van der Waals surface area contributed by atoms with Crippen molar-refractivity contribution in [2.45, 2.75) is 44.3 Å². The molecule has 22 heavy (non-hydrogen) atoms. The van der Waals surface area contributed by atoms with E-state index in [1.807, 2.05) is 12.1 Å². The van der Waals surface area contributed by atoms with Crippen LogP contribution in [0.15, 0.2) is 29.3 Å². The molecule has 2 heterocycles. The van der Waals surface area contributed by atoms with Crippen molar-refractivity contribution in [3.8, 4) is 11.4 Å². The number of aromatic nitrogens is 4. The molecule has 1 N–H and O–H groups in total. The third-order valence-corrected chi connectivity index (χ3v) is 3.94. The van der Waals surface area contributed by atoms with Crippen LogP contribution in [0.2, 0.25) is 0 Å². The van der Waals surface area contributed by atoms with Crippen molar-refractivity contribution in [1.29, 1.82) is 0 Å². The molecule has 2 fully saturated rings. The molecule has 0 aromatic carbocycles. The second-order valence-electron chi connectivity index (χ2n) is 5.95. The van der Waals surface area contributed by atoms with Gasteiger partial charge in [0.15, 0.2) is 5.82 Å². The van der Waals surface area contributed by atoms with Crippen LogP contribution in [0.4, 0.5) is 0 Å². The summed E-state index contributed by atoms with van der Waals surface area (Å²) in [6.07, 6.45) is 7.38. The summed E-state index contributed by atoms with van der Waals surface area (Å²) in [7, 11) is 0. The smallest absolute Gasteiger partial charge is 0.346 e. The van der Waals surface area contributed by atoms with Crippen LogP contribution >= 0.6 is 0 Å². The molecule has 114 valence electrons. The molecule has 2 aliphatic rings. The lowest BCUT2D eigenvalue weighted by molar-refractivity contribution is -0.122. The van der Waals surface area contributed by atoms with Crippen LogP contribution < -0.4 is 11.0 Å². The molecule has 1 amide bonds. The van der Waals surface area contributed by atoms with Crippen molar-refractivity contribution in [3.05, 3.63) is 35.0 Å². The van der Waals surface area contributed by atoms with Gasteiger partial charge in [-0.3, -0.25) is 14.3 Å². The van der Waals surface area contributed by atoms with Crippen LogP contribution in [0.1, 0.15) is 31.7 Å². The van der Waals surface area contributed by atoms with Crippen LogP contribution in [-0.4, -0.2) is 31.3 Å². The highest BCUT2D eigenvalue weighted by Crippen LogP contribution is 2.36. The Morgan fingerprint density at radius 2 is 2.14 bits per heavy atom. The topological polar surface area (TPSA) is 81.8 Å². The lowest BCUT2D eigenvalue weighted by atomic mass is 10.3. The molecule has 2 aromatic heterocycles. The van der Waals surface area contributed by atoms with E-state index >= 15 is 0 Å². The maximum Gasteiger partial charge on any atom is 0.346 e. The summed E-state index contributed by atoms with van der Waals surface area (Å²) in [6, 6.07) is 4.17. The number of nitrogens with zero attached hydrogens (tertiary/aromatic N) is 4. The van der Waals surface area contributed by atoms with Crippen molar-refractivity contribution in [2.75, 3.05) is 0 Å². The molecule has 0 atom stereocenters. The number of pyridine rings is 1. The van der Waals surface area contributed by atoms with Gasteiger partial charge in [0.25, 0.3) is 0 Å². The monoisotopic (exact) mass is 299 g/mol. The minimum absolute atomic E-state index is 0.0255. The maximum atomic E-state index is 12.5. The van der Waals surface area contributed by atoms with Gasteiger partial charge in [0, 0.05) is 30.0 Å². The van der Waals surface area contributed by atoms with Crippen molar-refractivity contribution < 1.29 is 4.79 Å². The van der Waals surface area contributed by atoms with E-state index in [2.05, 4.69) is 15.4 Å². The summed E-state index contributed by atoms with van der Waals surface area (Å²) in [4.78, 5) is 28.6. The first-order chi connectivity index (χ1) is 10.7. The molecule has 0 bridgehead atoms. The van der Waals surface area contributed by atoms with Crippen molar-refractivity contribution >= 4 is 5.91 Å². The van der Waals surface area contributed by atoms with Crippen molar-refractivity contribution in [3.63, 3.8) is 0 Å². The van der Waals surface area contributed by atoms with Gasteiger partial charge < -0.3 is 5.32 Å². The van der Waals surface area contributed by atoms with Gasteiger partial charge in [0.05, 0.1) is 0 Å². The molecule has 7 heteroatoms. The first kappa shape index (κ1) is 13.2. The third-order valence-electron chi connectivity index (χ3n) is 3.94. The highest BCUT2D eigenvalue weighted by Gasteiger charge is 2.31. The summed E-state index contributed by atoms with van der Waals surface area (Å²) in [6.45, 7) is -0.0255. The summed E-state index contributed by atoms with van der Waals surface area (Å²) in [5, 5.41) is 7.26. The van der Waals surface area contributed by atoms with Gasteiger partial charge in [-0.05, 0) is 37.8 Å². The van der Waals surface area contributed by atoms with E-state index in [9.17, 15) is 9.59 Å². The standard InChI is InChI=1S/C15H17N5O2/c21-13(17-11-3-4-11)9-19-15(22)20(12-5-6-12)14(18-19)10-2-1-7-16-8-10/h1-2,7-8,11-12H,3-6,9H2,(H,17,21). The number of carbonyl (C=O) groups excluding carboxylic acids is 1. The van der Waals surface area contributed by atoms with E-state index in [4.69, 9.17) is 0 Å². The minimum Gasteiger partial charge on any atom is -0.352 e. The molecule has 7 nitrogen and oxygen atoms in total. The van der Waals surface area contributed by atoms with Crippen LogP contribution in [0.3, 0.4) is 0 Å². The summed E-state index contributed by atoms with van der Waals surface area (Å²) < 4.78 is 2.96. The Hall–Kier alpha value is -2.44. The molecular weight excluding hydrogens is 282 g/mol. The summed E-state index contributed by atoms with van der Waals surface area (Å²) in [5.41, 5.74) is 0.583. The zero-order valence-electron chi connectivity index (χ0n) is 12.1. The SMILES string of the molecule is O=C(Cn1nc(-c2cccnc2)n(C2CC2)c1=O)NC1CC1. The Labute approximate surface area is 127 Å². The zero-order valence-corrected chi connectivity index (χ0v) is 12.1. The Balaban J connectivity index is 1.67. The lowest BCUT2D eigenvalue weighted by Crippen LogP contribution is -2.34. The van der Waals surface area contributed by atoms with Crippen LogP contribution in [-0.2, 0) is 11.3 Å². The van der Waals surface area contributed by atoms with Gasteiger partial charge in [-0.2, -0.15) is 0 Å². The van der Waals surface area contributed by atoms with Gasteiger partial charge in [-0.15, -0.1) is 5.10 Å². The molecule has 0 unspecified atom stereocenters. The molecule has 4 rings (SSSR count). The highest BCUT2D eigenvalue weighted by molar-refractivity contribution is 5.76. The van der Waals surface area contributed by atoms with Gasteiger partial charge in [-0.25, -0.2) is 9.48 Å². The minimum atomic E-state index is -0.215. The average molecular weight is 299 g/mol. The fraction of sp³-hybridized carbons (Fsp3) is 0.467. The largest absolute Gasteiger partial charge is 0.352 e. The number of nitrogens with one attached hydrogen (secondary N) is 1. The molecule has 0 radical (unpaired) electrons. The Kier molecular flexibility index (Phi) is 3.06. The Bertz CT molecular complexity index is 756. The van der Waals surface area contributed by atoms with Gasteiger partial charge in [-0.1, -0.05) is 0 Å². The molecule has 2 aliphatic carbocycles. The number of hydrogen-bond acceptors (Lipinski definition) is 4. The van der Waals surface area contributed by atoms with Gasteiger partial charge in [0.1, 0.15) is 6.54 Å². The average Bonchev–Trinajstić information content (AvgIpc) is 3.42. The van der Waals surface area contributed by atoms with Crippen LogP contribution in [0.25, 0.3) is 11.4 Å². The second-order valence-corrected chi connectivity index (χ2v) is 5.95. The molecule has 0 saturated heterocycles. The summed E-state index contributed by atoms with van der Waals surface area (Å²) >= 11 is 0. The molecule has 2 saturated carbocycles. The normalized spacial score (nSPS) is 17.5.